The van der Waals surface area contributed by atoms with Gasteiger partial charge >= 0.3 is 0 Å². The van der Waals surface area contributed by atoms with Gasteiger partial charge in [-0.3, -0.25) is 0 Å². The molecule has 0 atom stereocenters. The number of hydrogen-bond donors (Lipinski definition) is 0. The van der Waals surface area contributed by atoms with Crippen molar-refractivity contribution in [3.63, 3.8) is 0 Å². The van der Waals surface area contributed by atoms with E-state index >= 15 is 4.39 Å². The van der Waals surface area contributed by atoms with Crippen LogP contribution in [0.5, 0.6) is 0 Å². The van der Waals surface area contributed by atoms with Crippen LogP contribution in [0.3, 0.4) is 0 Å². The van der Waals surface area contributed by atoms with Gasteiger partial charge in [0.2, 0.25) is 5.95 Å². The number of aryl methyl sites for hydroxylation is 1. The lowest BCUT2D eigenvalue weighted by Gasteiger charge is -2.24. The minimum atomic E-state index is -3.99. The van der Waals surface area contributed by atoms with Crippen LogP contribution in [0.15, 0.2) is 69.0 Å². The number of unbranched alkanes of at least 4 members (excludes halogenated alkanes) is 1. The van der Waals surface area contributed by atoms with Crippen molar-refractivity contribution in [1.82, 2.24) is 4.31 Å². The van der Waals surface area contributed by atoms with Crippen molar-refractivity contribution >= 4 is 32.6 Å². The summed E-state index contributed by atoms with van der Waals surface area (Å²) in [5, 5.41) is 0. The number of nitrogens with zero attached hydrogens (tertiary/aromatic N) is 1. The van der Waals surface area contributed by atoms with Gasteiger partial charge < -0.3 is 0 Å². The molecule has 2 aromatic carbocycles. The molecule has 0 fully saturated rings. The largest absolute Gasteiger partial charge is 0.266 e. The molecule has 0 heterocycles. The first kappa shape index (κ1) is 20.9. The average Bonchev–Trinajstić information content (AvgIpc) is 2.64. The highest BCUT2D eigenvalue weighted by molar-refractivity contribution is 14.1. The highest BCUT2D eigenvalue weighted by atomic mass is 127. The Balaban J connectivity index is 2.47. The fourth-order valence-electron chi connectivity index (χ4n) is 2.42. The Hall–Kier alpha value is -1.41. The quantitative estimate of drug-likeness (QED) is 0.341. The summed E-state index contributed by atoms with van der Waals surface area (Å²) >= 11 is 1.91. The maximum atomic E-state index is 15.1. The molecule has 0 aliphatic heterocycles. The van der Waals surface area contributed by atoms with E-state index in [4.69, 9.17) is 0 Å². The fourth-order valence-corrected chi connectivity index (χ4v) is 4.63. The molecule has 6 heteroatoms. The highest BCUT2D eigenvalue weighted by Crippen LogP contribution is 2.30. The van der Waals surface area contributed by atoms with Crippen molar-refractivity contribution in [3.05, 3.63) is 75.3 Å². The number of rotatable bonds is 8. The van der Waals surface area contributed by atoms with Gasteiger partial charge in [0.1, 0.15) is 0 Å². The van der Waals surface area contributed by atoms with E-state index in [0.29, 0.717) is 10.0 Å². The smallest absolute Gasteiger partial charge is 0.236 e. The average molecular weight is 487 g/mol. The Morgan fingerprint density at radius 2 is 1.69 bits per heavy atom. The minimum absolute atomic E-state index is 0.0402. The molecule has 0 saturated carbocycles. The molecular weight excluding hydrogens is 464 g/mol. The van der Waals surface area contributed by atoms with Crippen molar-refractivity contribution in [2.75, 3.05) is 0 Å². The van der Waals surface area contributed by atoms with Crippen molar-refractivity contribution in [2.24, 2.45) is 0 Å². The van der Waals surface area contributed by atoms with Gasteiger partial charge in [0.15, 0.2) is 0 Å². The zero-order valence-corrected chi connectivity index (χ0v) is 17.9. The van der Waals surface area contributed by atoms with Gasteiger partial charge in [0.05, 0.1) is 11.4 Å². The van der Waals surface area contributed by atoms with Crippen molar-refractivity contribution in [3.8, 4) is 0 Å². The molecule has 26 heavy (non-hydrogen) atoms. The molecule has 0 amide bonds. The number of sulfonamides is 1. The molecule has 0 bridgehead atoms. The SMILES string of the molecule is CCCC/C(I)=C(\F)N(Cc1ccccc1)S(=O)(=O)c1ccc(C)cc1. The van der Waals surface area contributed by atoms with E-state index in [2.05, 4.69) is 0 Å². The molecule has 0 unspecified atom stereocenters. The van der Waals surface area contributed by atoms with E-state index in [0.717, 1.165) is 28.3 Å². The third-order valence-electron chi connectivity index (χ3n) is 3.97. The molecule has 0 saturated heterocycles. The van der Waals surface area contributed by atoms with Crippen molar-refractivity contribution in [1.29, 1.82) is 0 Å². The summed E-state index contributed by atoms with van der Waals surface area (Å²) in [6, 6.07) is 15.6. The van der Waals surface area contributed by atoms with Gasteiger partial charge in [-0.05, 0) is 60.1 Å². The van der Waals surface area contributed by atoms with Crippen LogP contribution < -0.4 is 0 Å². The van der Waals surface area contributed by atoms with Crippen LogP contribution >= 0.6 is 22.6 Å². The Morgan fingerprint density at radius 1 is 1.08 bits per heavy atom. The minimum Gasteiger partial charge on any atom is -0.236 e. The lowest BCUT2D eigenvalue weighted by molar-refractivity contribution is 0.375. The van der Waals surface area contributed by atoms with E-state index in [1.807, 2.05) is 54.6 Å². The van der Waals surface area contributed by atoms with Crippen molar-refractivity contribution < 1.29 is 12.8 Å². The molecule has 0 N–H and O–H groups in total. The van der Waals surface area contributed by atoms with Crippen LogP contribution in [0.1, 0.15) is 37.3 Å². The van der Waals surface area contributed by atoms with E-state index in [1.165, 1.54) is 12.1 Å². The normalized spacial score (nSPS) is 12.6. The standard InChI is InChI=1S/C20H23FINO2S/c1-3-4-10-19(22)20(21)23(15-17-8-6-5-7-9-17)26(24,25)18-13-11-16(2)12-14-18/h5-9,11-14H,3-4,10,15H2,1-2H3/b20-19-. The summed E-state index contributed by atoms with van der Waals surface area (Å²) in [6.45, 7) is 3.86. The highest BCUT2D eigenvalue weighted by Gasteiger charge is 2.28. The summed E-state index contributed by atoms with van der Waals surface area (Å²) in [6.07, 6.45) is 2.26. The predicted octanol–water partition coefficient (Wildman–Crippen LogP) is 5.95. The molecule has 0 aromatic heterocycles. The monoisotopic (exact) mass is 487 g/mol. The van der Waals surface area contributed by atoms with Crippen LogP contribution in [0.4, 0.5) is 4.39 Å². The molecule has 2 rings (SSSR count). The summed E-state index contributed by atoms with van der Waals surface area (Å²) in [5.41, 5.74) is 1.69. The molecular formula is C20H23FINO2S. The first-order valence-corrected chi connectivity index (χ1v) is 11.1. The summed E-state index contributed by atoms with van der Waals surface area (Å²) in [5.74, 6) is -0.691. The molecule has 2 aromatic rings. The Morgan fingerprint density at radius 3 is 2.27 bits per heavy atom. The number of allylic oxidation sites excluding steroid dienone is 1. The van der Waals surface area contributed by atoms with Crippen LogP contribution in [0.2, 0.25) is 0 Å². The van der Waals surface area contributed by atoms with Gasteiger partial charge in [0.25, 0.3) is 10.0 Å². The van der Waals surface area contributed by atoms with Crippen LogP contribution in [0.25, 0.3) is 0 Å². The number of halogens is 2. The van der Waals surface area contributed by atoms with Gasteiger partial charge in [-0.25, -0.2) is 12.7 Å². The second-order valence-corrected chi connectivity index (χ2v) is 9.27. The van der Waals surface area contributed by atoms with Crippen LogP contribution in [-0.2, 0) is 16.6 Å². The number of benzene rings is 2. The molecule has 0 spiro atoms. The first-order chi connectivity index (χ1) is 12.4. The molecule has 140 valence electrons. The Kier molecular flexibility index (Phi) is 7.64. The van der Waals surface area contributed by atoms with Crippen molar-refractivity contribution in [2.45, 2.75) is 44.6 Å². The number of hydrogen-bond acceptors (Lipinski definition) is 2. The zero-order valence-electron chi connectivity index (χ0n) is 15.0. The Bertz CT molecular complexity index is 849. The summed E-state index contributed by atoms with van der Waals surface area (Å²) in [4.78, 5) is 0.0915. The van der Waals surface area contributed by atoms with E-state index in [9.17, 15) is 8.42 Å². The fraction of sp³-hybridized carbons (Fsp3) is 0.300. The lowest BCUT2D eigenvalue weighted by atomic mass is 10.2. The molecule has 0 radical (unpaired) electrons. The molecule has 0 aliphatic carbocycles. The Labute approximate surface area is 169 Å². The second kappa shape index (κ2) is 9.50. The maximum Gasteiger partial charge on any atom is 0.266 e. The zero-order chi connectivity index (χ0) is 19.2. The molecule has 0 aliphatic rings. The predicted molar refractivity (Wildman–Crippen MR) is 112 cm³/mol. The topological polar surface area (TPSA) is 37.4 Å². The van der Waals surface area contributed by atoms with Gasteiger partial charge in [-0.2, -0.15) is 4.39 Å². The second-order valence-electron chi connectivity index (χ2n) is 6.11. The van der Waals surface area contributed by atoms with Crippen LogP contribution in [-0.4, -0.2) is 12.7 Å². The van der Waals surface area contributed by atoms with E-state index < -0.39 is 16.0 Å². The van der Waals surface area contributed by atoms with Gasteiger partial charge in [0, 0.05) is 3.58 Å². The van der Waals surface area contributed by atoms with Gasteiger partial charge in [-0.1, -0.05) is 61.4 Å². The molecule has 3 nitrogen and oxygen atoms in total. The maximum absolute atomic E-state index is 15.1. The van der Waals surface area contributed by atoms with E-state index in [-0.39, 0.29) is 11.4 Å². The van der Waals surface area contributed by atoms with Gasteiger partial charge in [-0.15, -0.1) is 0 Å². The first-order valence-electron chi connectivity index (χ1n) is 8.53. The third kappa shape index (κ3) is 5.30. The summed E-state index contributed by atoms with van der Waals surface area (Å²) in [7, 11) is -3.99. The lowest BCUT2D eigenvalue weighted by Crippen LogP contribution is -2.29. The third-order valence-corrected chi connectivity index (χ3v) is 6.69. The van der Waals surface area contributed by atoms with E-state index in [1.54, 1.807) is 24.3 Å². The van der Waals surface area contributed by atoms with Crippen LogP contribution in [0, 0.1) is 6.92 Å². The summed E-state index contributed by atoms with van der Waals surface area (Å²) < 4.78 is 42.7.